The fraction of sp³-hybridized carbons (Fsp3) is 0.643. The number of hydrogen-bond acceptors (Lipinski definition) is 5. The highest BCUT2D eigenvalue weighted by Gasteiger charge is 2.42. The van der Waals surface area contributed by atoms with E-state index in [1.807, 2.05) is 13.0 Å². The van der Waals surface area contributed by atoms with Crippen molar-refractivity contribution in [2.45, 2.75) is 19.9 Å². The Bertz CT molecular complexity index is 489. The molecule has 108 valence electrons. The van der Waals surface area contributed by atoms with E-state index in [1.165, 1.54) is 0 Å². The maximum Gasteiger partial charge on any atom is 0.271 e. The molecule has 6 nitrogen and oxygen atoms in total. The second-order valence-electron chi connectivity index (χ2n) is 5.61. The van der Waals surface area contributed by atoms with Gasteiger partial charge >= 0.3 is 0 Å². The van der Waals surface area contributed by atoms with Crippen LogP contribution in [0.2, 0.25) is 0 Å². The van der Waals surface area contributed by atoms with Gasteiger partial charge in [0.2, 0.25) is 0 Å². The quantitative estimate of drug-likeness (QED) is 0.828. The molecule has 2 fully saturated rings. The zero-order valence-corrected chi connectivity index (χ0v) is 12.0. The molecule has 6 heteroatoms. The van der Waals surface area contributed by atoms with Crippen LogP contribution in [0.3, 0.4) is 0 Å². The number of carbonyl (C=O) groups excluding carboxylic acids is 1. The minimum Gasteiger partial charge on any atom is -0.352 e. The van der Waals surface area contributed by atoms with Crippen LogP contribution in [0.5, 0.6) is 0 Å². The predicted octanol–water partition coefficient (Wildman–Crippen LogP) is 0.270. The number of hydrogen-bond donors (Lipinski definition) is 2. The molecule has 2 aliphatic rings. The van der Waals surface area contributed by atoms with Gasteiger partial charge in [-0.15, -0.1) is 10.2 Å². The van der Waals surface area contributed by atoms with E-state index in [2.05, 4.69) is 32.7 Å². The summed E-state index contributed by atoms with van der Waals surface area (Å²) in [7, 11) is 0. The van der Waals surface area contributed by atoms with Crippen LogP contribution in [0.15, 0.2) is 12.1 Å². The Kier molecular flexibility index (Phi) is 3.56. The SMILES string of the molecule is CCNC(=O)c1ccc(N2CC3CNCC3C2C)nn1. The summed E-state index contributed by atoms with van der Waals surface area (Å²) in [5.74, 6) is 2.11. The van der Waals surface area contributed by atoms with E-state index < -0.39 is 0 Å². The van der Waals surface area contributed by atoms with Crippen LogP contribution in [0.4, 0.5) is 5.82 Å². The molecule has 0 spiro atoms. The third-order valence-electron chi connectivity index (χ3n) is 4.45. The van der Waals surface area contributed by atoms with E-state index in [1.54, 1.807) is 6.07 Å². The topological polar surface area (TPSA) is 70.2 Å². The van der Waals surface area contributed by atoms with Crippen LogP contribution in [0.25, 0.3) is 0 Å². The first-order valence-electron chi connectivity index (χ1n) is 7.30. The highest BCUT2D eigenvalue weighted by Crippen LogP contribution is 2.34. The van der Waals surface area contributed by atoms with E-state index in [4.69, 9.17) is 0 Å². The van der Waals surface area contributed by atoms with Crippen LogP contribution >= 0.6 is 0 Å². The Morgan fingerprint density at radius 3 is 2.95 bits per heavy atom. The van der Waals surface area contributed by atoms with Crippen LogP contribution in [-0.4, -0.2) is 48.3 Å². The molecule has 2 N–H and O–H groups in total. The maximum atomic E-state index is 11.7. The van der Waals surface area contributed by atoms with E-state index in [-0.39, 0.29) is 5.91 Å². The van der Waals surface area contributed by atoms with Crippen LogP contribution in [0.1, 0.15) is 24.3 Å². The molecular formula is C14H21N5O. The maximum absolute atomic E-state index is 11.7. The molecule has 2 saturated heterocycles. The van der Waals surface area contributed by atoms with Gasteiger partial charge in [0.15, 0.2) is 11.5 Å². The summed E-state index contributed by atoms with van der Waals surface area (Å²) in [6.07, 6.45) is 0. The second-order valence-corrected chi connectivity index (χ2v) is 5.61. The summed E-state index contributed by atoms with van der Waals surface area (Å²) < 4.78 is 0. The average Bonchev–Trinajstić information content (AvgIpc) is 3.03. The smallest absolute Gasteiger partial charge is 0.271 e. The third-order valence-corrected chi connectivity index (χ3v) is 4.45. The van der Waals surface area contributed by atoms with Gasteiger partial charge in [-0.3, -0.25) is 4.79 Å². The Morgan fingerprint density at radius 2 is 2.30 bits per heavy atom. The first kappa shape index (κ1) is 13.3. The number of anilines is 1. The van der Waals surface area contributed by atoms with Crippen molar-refractivity contribution in [3.63, 3.8) is 0 Å². The lowest BCUT2D eigenvalue weighted by Gasteiger charge is -2.25. The standard InChI is InChI=1S/C14H21N5O/c1-3-16-14(20)12-4-5-13(18-17-12)19-8-10-6-15-7-11(10)9(19)2/h4-5,9-11,15H,3,6-8H2,1-2H3,(H,16,20). The first-order valence-corrected chi connectivity index (χ1v) is 7.30. The van der Waals surface area contributed by atoms with Gasteiger partial charge in [0, 0.05) is 32.2 Å². The molecule has 2 aliphatic heterocycles. The number of aromatic nitrogens is 2. The van der Waals surface area contributed by atoms with Crippen LogP contribution < -0.4 is 15.5 Å². The molecular weight excluding hydrogens is 254 g/mol. The summed E-state index contributed by atoms with van der Waals surface area (Å²) in [6.45, 7) is 7.94. The minimum absolute atomic E-state index is 0.165. The lowest BCUT2D eigenvalue weighted by molar-refractivity contribution is 0.0950. The summed E-state index contributed by atoms with van der Waals surface area (Å²) in [6, 6.07) is 4.13. The van der Waals surface area contributed by atoms with Gasteiger partial charge in [-0.05, 0) is 37.8 Å². The summed E-state index contributed by atoms with van der Waals surface area (Å²) in [4.78, 5) is 14.0. The Balaban J connectivity index is 1.73. The zero-order chi connectivity index (χ0) is 14.1. The fourth-order valence-corrected chi connectivity index (χ4v) is 3.32. The Morgan fingerprint density at radius 1 is 1.45 bits per heavy atom. The molecule has 3 heterocycles. The first-order chi connectivity index (χ1) is 9.70. The Labute approximate surface area is 118 Å². The monoisotopic (exact) mass is 275 g/mol. The van der Waals surface area contributed by atoms with Crippen molar-refractivity contribution >= 4 is 11.7 Å². The summed E-state index contributed by atoms with van der Waals surface area (Å²) >= 11 is 0. The molecule has 0 aromatic carbocycles. The molecule has 1 amide bonds. The number of carbonyl (C=O) groups is 1. The third kappa shape index (κ3) is 2.24. The molecule has 3 rings (SSSR count). The predicted molar refractivity (Wildman–Crippen MR) is 76.7 cm³/mol. The molecule has 3 unspecified atom stereocenters. The number of nitrogens with zero attached hydrogens (tertiary/aromatic N) is 3. The number of fused-ring (bicyclic) bond motifs is 1. The van der Waals surface area contributed by atoms with E-state index in [9.17, 15) is 4.79 Å². The van der Waals surface area contributed by atoms with Gasteiger partial charge in [-0.25, -0.2) is 0 Å². The van der Waals surface area contributed by atoms with Crippen molar-refractivity contribution in [2.75, 3.05) is 31.1 Å². The zero-order valence-electron chi connectivity index (χ0n) is 12.0. The van der Waals surface area contributed by atoms with Crippen molar-refractivity contribution in [1.29, 1.82) is 0 Å². The van der Waals surface area contributed by atoms with E-state index in [0.29, 0.717) is 30.1 Å². The van der Waals surface area contributed by atoms with Gasteiger partial charge in [0.1, 0.15) is 0 Å². The normalized spacial score (nSPS) is 28.5. The fourth-order valence-electron chi connectivity index (χ4n) is 3.32. The van der Waals surface area contributed by atoms with E-state index in [0.717, 1.165) is 25.5 Å². The van der Waals surface area contributed by atoms with Gasteiger partial charge in [0.05, 0.1) is 0 Å². The van der Waals surface area contributed by atoms with Gasteiger partial charge < -0.3 is 15.5 Å². The second kappa shape index (κ2) is 5.36. The molecule has 0 aliphatic carbocycles. The van der Waals surface area contributed by atoms with Crippen molar-refractivity contribution in [3.05, 3.63) is 17.8 Å². The van der Waals surface area contributed by atoms with Crippen LogP contribution in [0, 0.1) is 11.8 Å². The van der Waals surface area contributed by atoms with Gasteiger partial charge in [0.25, 0.3) is 5.91 Å². The van der Waals surface area contributed by atoms with Gasteiger partial charge in [-0.2, -0.15) is 0 Å². The molecule has 1 aromatic rings. The number of rotatable bonds is 3. The van der Waals surface area contributed by atoms with Crippen molar-refractivity contribution in [3.8, 4) is 0 Å². The van der Waals surface area contributed by atoms with Crippen molar-refractivity contribution in [1.82, 2.24) is 20.8 Å². The molecule has 0 saturated carbocycles. The molecule has 1 aromatic heterocycles. The van der Waals surface area contributed by atoms with Crippen LogP contribution in [-0.2, 0) is 0 Å². The number of nitrogens with one attached hydrogen (secondary N) is 2. The average molecular weight is 275 g/mol. The summed E-state index contributed by atoms with van der Waals surface area (Å²) in [5.41, 5.74) is 0.379. The van der Waals surface area contributed by atoms with Crippen molar-refractivity contribution < 1.29 is 4.79 Å². The number of amides is 1. The molecule has 3 atom stereocenters. The summed E-state index contributed by atoms with van der Waals surface area (Å²) in [5, 5.41) is 14.5. The highest BCUT2D eigenvalue weighted by atomic mass is 16.1. The lowest BCUT2D eigenvalue weighted by atomic mass is 9.95. The highest BCUT2D eigenvalue weighted by molar-refractivity contribution is 5.92. The molecule has 20 heavy (non-hydrogen) atoms. The molecule has 0 radical (unpaired) electrons. The van der Waals surface area contributed by atoms with E-state index >= 15 is 0 Å². The Hall–Kier alpha value is -1.69. The van der Waals surface area contributed by atoms with Crippen molar-refractivity contribution in [2.24, 2.45) is 11.8 Å². The largest absolute Gasteiger partial charge is 0.352 e. The van der Waals surface area contributed by atoms with Gasteiger partial charge in [-0.1, -0.05) is 0 Å². The minimum atomic E-state index is -0.165. The lowest BCUT2D eigenvalue weighted by Crippen LogP contribution is -2.34. The molecule has 0 bridgehead atoms.